The van der Waals surface area contributed by atoms with Crippen molar-refractivity contribution in [2.24, 2.45) is 4.99 Å². The van der Waals surface area contributed by atoms with Crippen LogP contribution in [0.4, 0.5) is 0 Å². The van der Waals surface area contributed by atoms with Crippen LogP contribution < -0.4 is 10.4 Å². The van der Waals surface area contributed by atoms with E-state index in [-0.39, 0.29) is 0 Å². The predicted octanol–water partition coefficient (Wildman–Crippen LogP) is 0.886. The van der Waals surface area contributed by atoms with E-state index in [9.17, 15) is 0 Å². The third-order valence-corrected chi connectivity index (χ3v) is 1.70. The highest BCUT2D eigenvalue weighted by molar-refractivity contribution is 5.90. The summed E-state index contributed by atoms with van der Waals surface area (Å²) < 4.78 is 0. The molecule has 0 atom stereocenters. The quantitative estimate of drug-likeness (QED) is 0.540. The van der Waals surface area contributed by atoms with Crippen molar-refractivity contribution in [2.75, 3.05) is 7.05 Å². The van der Waals surface area contributed by atoms with Gasteiger partial charge in [0.2, 0.25) is 0 Å². The van der Waals surface area contributed by atoms with Crippen LogP contribution in [-0.4, -0.2) is 13.3 Å². The Bertz CT molecular complexity index is 388. The molecule has 0 N–H and O–H groups in total. The van der Waals surface area contributed by atoms with Gasteiger partial charge in [-0.15, -0.1) is 0 Å². The second-order valence-corrected chi connectivity index (χ2v) is 2.78. The van der Waals surface area contributed by atoms with Gasteiger partial charge in [-0.1, -0.05) is 30.3 Å². The van der Waals surface area contributed by atoms with Crippen molar-refractivity contribution in [1.82, 2.24) is 0 Å². The first-order valence-electron chi connectivity index (χ1n) is 3.92. The Kier molecular flexibility index (Phi) is 2.81. The lowest BCUT2D eigenvalue weighted by Crippen LogP contribution is -2.22. The van der Waals surface area contributed by atoms with E-state index in [0.29, 0.717) is 0 Å². The van der Waals surface area contributed by atoms with Crippen LogP contribution in [0.25, 0.3) is 12.7 Å². The molecule has 1 heteroatoms. The molecule has 0 aromatic heterocycles. The summed E-state index contributed by atoms with van der Waals surface area (Å²) in [5.74, 6) is 0. The molecule has 1 rings (SSSR count). The molecule has 0 aliphatic rings. The molecule has 1 nitrogen and oxygen atoms in total. The Morgan fingerprint density at radius 3 is 2.75 bits per heavy atom. The maximum atomic E-state index is 3.94. The summed E-state index contributed by atoms with van der Waals surface area (Å²) >= 11 is 0. The zero-order valence-electron chi connectivity index (χ0n) is 7.54. The van der Waals surface area contributed by atoms with Gasteiger partial charge in [-0.25, -0.2) is 0 Å². The molecule has 0 amide bonds. The summed E-state index contributed by atoms with van der Waals surface area (Å²) in [6, 6.07) is 6.19. The molecule has 0 saturated carbocycles. The number of benzene rings is 1. The average molecular weight is 159 g/mol. The lowest BCUT2D eigenvalue weighted by Gasteiger charge is -1.90. The van der Waals surface area contributed by atoms with Gasteiger partial charge in [0.05, 0.1) is 0 Å². The van der Waals surface area contributed by atoms with Crippen molar-refractivity contribution in [3.63, 3.8) is 0 Å². The van der Waals surface area contributed by atoms with Crippen LogP contribution in [0, 0.1) is 6.92 Å². The highest BCUT2D eigenvalue weighted by Gasteiger charge is 1.82. The number of hydrogen-bond acceptors (Lipinski definition) is 1. The normalized spacial score (nSPS) is 12.7. The van der Waals surface area contributed by atoms with Gasteiger partial charge in [-0.3, -0.25) is 4.99 Å². The first-order valence-corrected chi connectivity index (χ1v) is 3.92. The number of nitrogens with zero attached hydrogens (tertiary/aromatic N) is 1. The maximum absolute atomic E-state index is 3.94. The molecule has 12 heavy (non-hydrogen) atoms. The van der Waals surface area contributed by atoms with Crippen LogP contribution in [0.5, 0.6) is 0 Å². The molecule has 1 aromatic carbocycles. The minimum atomic E-state index is 1.05. The minimum Gasteiger partial charge on any atom is -0.296 e. The minimum absolute atomic E-state index is 1.05. The largest absolute Gasteiger partial charge is 0.296 e. The smallest absolute Gasteiger partial charge is 0.0277 e. The molecule has 62 valence electrons. The van der Waals surface area contributed by atoms with E-state index in [1.54, 1.807) is 13.3 Å². The molecule has 0 fully saturated rings. The van der Waals surface area contributed by atoms with Crippen molar-refractivity contribution >= 4 is 18.9 Å². The Hall–Kier alpha value is -1.37. The third-order valence-electron chi connectivity index (χ3n) is 1.70. The van der Waals surface area contributed by atoms with Gasteiger partial charge < -0.3 is 0 Å². The van der Waals surface area contributed by atoms with Crippen molar-refractivity contribution in [1.29, 1.82) is 0 Å². The summed E-state index contributed by atoms with van der Waals surface area (Å²) in [5, 5.41) is 2.18. The van der Waals surface area contributed by atoms with Crippen molar-refractivity contribution in [2.45, 2.75) is 6.92 Å². The second-order valence-electron chi connectivity index (χ2n) is 2.78. The van der Waals surface area contributed by atoms with Crippen molar-refractivity contribution in [3.8, 4) is 0 Å². The third kappa shape index (κ3) is 2.06. The van der Waals surface area contributed by atoms with E-state index >= 15 is 0 Å². The molecule has 0 radical (unpaired) electrons. The van der Waals surface area contributed by atoms with Crippen LogP contribution >= 0.6 is 0 Å². The number of aliphatic imine (C=N–C) groups is 1. The monoisotopic (exact) mass is 159 g/mol. The standard InChI is InChI=1S/C11H13N/c1-9-4-5-11(6-7-12-3)10(2)8-9/h4-8H,2H2,1,3H3/b11-6-,12-7?. The molecule has 0 heterocycles. The summed E-state index contributed by atoms with van der Waals surface area (Å²) in [7, 11) is 1.76. The van der Waals surface area contributed by atoms with Crippen molar-refractivity contribution < 1.29 is 0 Å². The van der Waals surface area contributed by atoms with Gasteiger partial charge in [0.15, 0.2) is 0 Å². The molecule has 0 bridgehead atoms. The first-order chi connectivity index (χ1) is 5.74. The fraction of sp³-hybridized carbons (Fsp3) is 0.182. The van der Waals surface area contributed by atoms with Crippen molar-refractivity contribution in [3.05, 3.63) is 34.2 Å². The SMILES string of the molecule is C=c1cc(C)cc/c1=C/C=NC. The fourth-order valence-corrected chi connectivity index (χ4v) is 1.05. The predicted molar refractivity (Wildman–Crippen MR) is 54.8 cm³/mol. The Labute approximate surface area is 72.8 Å². The molecule has 0 saturated heterocycles. The Morgan fingerprint density at radius 2 is 2.17 bits per heavy atom. The number of aryl methyl sites for hydroxylation is 1. The molecular weight excluding hydrogens is 146 g/mol. The van der Waals surface area contributed by atoms with Gasteiger partial charge in [0.25, 0.3) is 0 Å². The van der Waals surface area contributed by atoms with E-state index in [1.807, 2.05) is 6.08 Å². The van der Waals surface area contributed by atoms with Crippen LogP contribution in [-0.2, 0) is 0 Å². The molecule has 0 aliphatic carbocycles. The molecule has 0 unspecified atom stereocenters. The molecular formula is C11H13N. The molecule has 0 aliphatic heterocycles. The van der Waals surface area contributed by atoms with E-state index in [2.05, 4.69) is 36.7 Å². The topological polar surface area (TPSA) is 12.4 Å². The number of rotatable bonds is 1. The summed E-state index contributed by atoms with van der Waals surface area (Å²) in [5.41, 5.74) is 1.24. The summed E-state index contributed by atoms with van der Waals surface area (Å²) in [4.78, 5) is 3.89. The van der Waals surface area contributed by atoms with Gasteiger partial charge in [0, 0.05) is 13.3 Å². The van der Waals surface area contributed by atoms with Gasteiger partial charge in [-0.2, -0.15) is 0 Å². The van der Waals surface area contributed by atoms with E-state index in [0.717, 1.165) is 10.4 Å². The second kappa shape index (κ2) is 3.86. The Balaban J connectivity index is 3.28. The van der Waals surface area contributed by atoms with Crippen LogP contribution in [0.2, 0.25) is 0 Å². The lowest BCUT2D eigenvalue weighted by molar-refractivity contribution is 1.41. The maximum Gasteiger partial charge on any atom is 0.0277 e. The van der Waals surface area contributed by atoms with E-state index < -0.39 is 0 Å². The van der Waals surface area contributed by atoms with Crippen LogP contribution in [0.3, 0.4) is 0 Å². The summed E-state index contributed by atoms with van der Waals surface area (Å²) in [6.07, 6.45) is 3.74. The van der Waals surface area contributed by atoms with Crippen LogP contribution in [0.1, 0.15) is 5.56 Å². The zero-order valence-corrected chi connectivity index (χ0v) is 7.54. The van der Waals surface area contributed by atoms with E-state index in [1.165, 1.54) is 5.56 Å². The zero-order chi connectivity index (χ0) is 8.97. The van der Waals surface area contributed by atoms with Gasteiger partial charge >= 0.3 is 0 Å². The highest BCUT2D eigenvalue weighted by Crippen LogP contribution is 1.84. The lowest BCUT2D eigenvalue weighted by atomic mass is 10.2. The van der Waals surface area contributed by atoms with Gasteiger partial charge in [0.1, 0.15) is 0 Å². The fourth-order valence-electron chi connectivity index (χ4n) is 1.05. The Morgan fingerprint density at radius 1 is 1.42 bits per heavy atom. The van der Waals surface area contributed by atoms with Gasteiger partial charge in [-0.05, 0) is 23.4 Å². The highest BCUT2D eigenvalue weighted by atomic mass is 14.6. The average Bonchev–Trinajstić information content (AvgIpc) is 2.03. The number of hydrogen-bond donors (Lipinski definition) is 0. The molecule has 1 aromatic rings. The molecule has 0 spiro atoms. The first kappa shape index (κ1) is 8.72. The summed E-state index contributed by atoms with van der Waals surface area (Å²) in [6.45, 7) is 6.00. The van der Waals surface area contributed by atoms with Crippen LogP contribution in [0.15, 0.2) is 23.2 Å². The van der Waals surface area contributed by atoms with E-state index in [4.69, 9.17) is 0 Å².